The van der Waals surface area contributed by atoms with Gasteiger partial charge in [0.25, 0.3) is 0 Å². The number of hydrogen-bond donors (Lipinski definition) is 1. The van der Waals surface area contributed by atoms with E-state index in [0.717, 1.165) is 0 Å². The lowest BCUT2D eigenvalue weighted by Crippen LogP contribution is -2.41. The van der Waals surface area contributed by atoms with E-state index < -0.39 is 0 Å². The van der Waals surface area contributed by atoms with Gasteiger partial charge in [-0.25, -0.2) is 0 Å². The van der Waals surface area contributed by atoms with Crippen LogP contribution in [0.4, 0.5) is 0 Å². The van der Waals surface area contributed by atoms with Gasteiger partial charge in [-0.3, -0.25) is 4.79 Å². The Labute approximate surface area is 76.8 Å². The summed E-state index contributed by atoms with van der Waals surface area (Å²) in [7, 11) is 1.58. The van der Waals surface area contributed by atoms with Crippen molar-refractivity contribution in [2.45, 2.75) is 6.04 Å². The first-order chi connectivity index (χ1) is 6.31. The monoisotopic (exact) mass is 177 g/mol. The predicted octanol–water partition coefficient (Wildman–Crippen LogP) is 0.757. The second-order valence-electron chi connectivity index (χ2n) is 3.06. The van der Waals surface area contributed by atoms with Crippen LogP contribution in [-0.2, 0) is 9.53 Å². The van der Waals surface area contributed by atoms with Crippen LogP contribution in [0.5, 0.6) is 0 Å². The van der Waals surface area contributed by atoms with Gasteiger partial charge in [-0.15, -0.1) is 0 Å². The van der Waals surface area contributed by atoms with Crippen LogP contribution < -0.4 is 5.32 Å². The smallest absolute Gasteiger partial charge is 0.235 e. The summed E-state index contributed by atoms with van der Waals surface area (Å²) in [5.41, 5.74) is 0. The maximum atomic E-state index is 11.5. The van der Waals surface area contributed by atoms with Gasteiger partial charge in [-0.1, -0.05) is 24.3 Å². The van der Waals surface area contributed by atoms with Gasteiger partial charge in [0.15, 0.2) is 0 Å². The van der Waals surface area contributed by atoms with Crippen LogP contribution in [0.1, 0.15) is 0 Å². The molecule has 3 heteroatoms. The van der Waals surface area contributed by atoms with Crippen molar-refractivity contribution in [1.29, 1.82) is 0 Å². The first-order valence-corrected chi connectivity index (χ1v) is 4.22. The van der Waals surface area contributed by atoms with Crippen LogP contribution in [0, 0.1) is 5.92 Å². The summed E-state index contributed by atoms with van der Waals surface area (Å²) in [4.78, 5) is 11.5. The number of nitrogens with one attached hydrogen (secondary N) is 1. The molecule has 0 saturated heterocycles. The molecule has 1 amide bonds. The lowest BCUT2D eigenvalue weighted by atomic mass is 9.97. The summed E-state index contributed by atoms with van der Waals surface area (Å²) in [5, 5.41) is 2.85. The number of ether oxygens (including phenoxy) is 1. The fourth-order valence-corrected chi connectivity index (χ4v) is 1.53. The fourth-order valence-electron chi connectivity index (χ4n) is 1.53. The standard InChI is InChI=1S/C10H11NO2/c1-13-9-4-2-3-7-5-6-8(9)10(12)11-7/h2-8H,1H3,(H,11,12)/b3-2-,9-4+. The lowest BCUT2D eigenvalue weighted by Gasteiger charge is -2.24. The van der Waals surface area contributed by atoms with Gasteiger partial charge >= 0.3 is 0 Å². The van der Waals surface area contributed by atoms with Crippen LogP contribution >= 0.6 is 0 Å². The van der Waals surface area contributed by atoms with E-state index in [4.69, 9.17) is 4.74 Å². The quantitative estimate of drug-likeness (QED) is 0.600. The zero-order valence-electron chi connectivity index (χ0n) is 7.36. The first-order valence-electron chi connectivity index (χ1n) is 4.22. The van der Waals surface area contributed by atoms with Gasteiger partial charge in [0, 0.05) is 0 Å². The van der Waals surface area contributed by atoms with E-state index in [9.17, 15) is 4.79 Å². The third-order valence-corrected chi connectivity index (χ3v) is 2.22. The number of carbonyl (C=O) groups is 1. The number of methoxy groups -OCH3 is 1. The Kier molecular flexibility index (Phi) is 1.93. The molecule has 1 aliphatic carbocycles. The second kappa shape index (κ2) is 3.09. The fraction of sp³-hybridized carbons (Fsp3) is 0.300. The molecule has 3 nitrogen and oxygen atoms in total. The summed E-state index contributed by atoms with van der Waals surface area (Å²) < 4.78 is 5.12. The maximum absolute atomic E-state index is 11.5. The summed E-state index contributed by atoms with van der Waals surface area (Å²) in [6, 6.07) is 0.0402. The topological polar surface area (TPSA) is 38.3 Å². The highest BCUT2D eigenvalue weighted by Gasteiger charge is 2.26. The molecule has 3 rings (SSSR count). The van der Waals surface area contributed by atoms with E-state index in [2.05, 4.69) is 5.32 Å². The average Bonchev–Trinajstić information content (AvgIpc) is 2.08. The summed E-state index contributed by atoms with van der Waals surface area (Å²) in [6.07, 6.45) is 9.50. The van der Waals surface area contributed by atoms with E-state index >= 15 is 0 Å². The Hall–Kier alpha value is -1.51. The molecule has 2 bridgehead atoms. The summed E-state index contributed by atoms with van der Waals surface area (Å²) >= 11 is 0. The molecule has 13 heavy (non-hydrogen) atoms. The molecule has 0 spiro atoms. The zero-order chi connectivity index (χ0) is 9.26. The highest BCUT2D eigenvalue weighted by atomic mass is 16.5. The normalized spacial score (nSPS) is 37.0. The van der Waals surface area contributed by atoms with Crippen molar-refractivity contribution in [3.8, 4) is 0 Å². The Morgan fingerprint density at radius 3 is 2.92 bits per heavy atom. The predicted molar refractivity (Wildman–Crippen MR) is 48.8 cm³/mol. The maximum Gasteiger partial charge on any atom is 0.235 e. The van der Waals surface area contributed by atoms with Crippen molar-refractivity contribution < 1.29 is 9.53 Å². The number of amides is 1. The number of carbonyl (C=O) groups excluding carboxylic acids is 1. The molecule has 2 atom stereocenters. The Morgan fingerprint density at radius 2 is 2.23 bits per heavy atom. The van der Waals surface area contributed by atoms with Crippen LogP contribution in [0.25, 0.3) is 0 Å². The van der Waals surface area contributed by atoms with Gasteiger partial charge in [0.1, 0.15) is 11.7 Å². The Balaban J connectivity index is 2.40. The molecule has 0 saturated carbocycles. The van der Waals surface area contributed by atoms with Crippen molar-refractivity contribution in [3.05, 3.63) is 36.1 Å². The van der Waals surface area contributed by atoms with Crippen molar-refractivity contribution in [2.75, 3.05) is 7.11 Å². The van der Waals surface area contributed by atoms with Gasteiger partial charge in [0.2, 0.25) is 5.91 Å². The molecule has 0 aromatic carbocycles. The SMILES string of the molecule is CO/C1=C/C=C\C2C=CC1C(=O)N2. The molecule has 2 unspecified atom stereocenters. The van der Waals surface area contributed by atoms with Gasteiger partial charge in [-0.2, -0.15) is 0 Å². The van der Waals surface area contributed by atoms with E-state index in [-0.39, 0.29) is 17.9 Å². The zero-order valence-corrected chi connectivity index (χ0v) is 7.36. The van der Waals surface area contributed by atoms with Crippen molar-refractivity contribution >= 4 is 5.91 Å². The molecule has 1 N–H and O–H groups in total. The van der Waals surface area contributed by atoms with E-state index in [1.807, 2.05) is 30.4 Å². The largest absolute Gasteiger partial charge is 0.500 e. The molecule has 3 aliphatic rings. The Bertz CT molecular complexity index is 315. The minimum atomic E-state index is -0.258. The van der Waals surface area contributed by atoms with Crippen molar-refractivity contribution in [1.82, 2.24) is 5.32 Å². The average molecular weight is 177 g/mol. The van der Waals surface area contributed by atoms with Crippen LogP contribution in [0.2, 0.25) is 0 Å². The molecule has 2 heterocycles. The highest BCUT2D eigenvalue weighted by molar-refractivity contribution is 5.85. The first kappa shape index (κ1) is 8.10. The number of hydrogen-bond acceptors (Lipinski definition) is 2. The molecular weight excluding hydrogens is 166 g/mol. The highest BCUT2D eigenvalue weighted by Crippen LogP contribution is 2.20. The molecule has 2 aliphatic heterocycles. The van der Waals surface area contributed by atoms with Crippen molar-refractivity contribution in [2.24, 2.45) is 5.92 Å². The number of rotatable bonds is 1. The van der Waals surface area contributed by atoms with Crippen LogP contribution in [-0.4, -0.2) is 19.1 Å². The molecule has 0 fully saturated rings. The van der Waals surface area contributed by atoms with Gasteiger partial charge in [0.05, 0.1) is 13.2 Å². The van der Waals surface area contributed by atoms with Gasteiger partial charge in [-0.05, 0) is 6.08 Å². The summed E-state index contributed by atoms with van der Waals surface area (Å²) in [5.74, 6) is 0.430. The van der Waals surface area contributed by atoms with Gasteiger partial charge < -0.3 is 10.1 Å². The van der Waals surface area contributed by atoms with E-state index in [0.29, 0.717) is 5.76 Å². The van der Waals surface area contributed by atoms with E-state index in [1.54, 1.807) is 7.11 Å². The number of allylic oxidation sites excluding steroid dienone is 2. The molecular formula is C10H11NO2. The van der Waals surface area contributed by atoms with E-state index in [1.165, 1.54) is 0 Å². The lowest BCUT2D eigenvalue weighted by molar-refractivity contribution is -0.124. The Morgan fingerprint density at radius 1 is 1.38 bits per heavy atom. The minimum Gasteiger partial charge on any atom is -0.500 e. The summed E-state index contributed by atoms with van der Waals surface area (Å²) in [6.45, 7) is 0. The third kappa shape index (κ3) is 1.37. The van der Waals surface area contributed by atoms with Crippen LogP contribution in [0.15, 0.2) is 36.1 Å². The minimum absolute atomic E-state index is 0.00458. The third-order valence-electron chi connectivity index (χ3n) is 2.22. The molecule has 0 aromatic heterocycles. The second-order valence-corrected chi connectivity index (χ2v) is 3.06. The van der Waals surface area contributed by atoms with Crippen LogP contribution in [0.3, 0.4) is 0 Å². The number of fused-ring (bicyclic) bond motifs is 2. The van der Waals surface area contributed by atoms with Crippen molar-refractivity contribution in [3.63, 3.8) is 0 Å². The molecule has 0 radical (unpaired) electrons. The molecule has 0 aromatic rings. The molecule has 68 valence electrons.